The Morgan fingerprint density at radius 3 is 2.58 bits per heavy atom. The van der Waals surface area contributed by atoms with Crippen LogP contribution in [0.3, 0.4) is 0 Å². The van der Waals surface area contributed by atoms with Crippen LogP contribution in [0.15, 0.2) is 29.4 Å². The van der Waals surface area contributed by atoms with Crippen LogP contribution in [0, 0.1) is 4.91 Å². The van der Waals surface area contributed by atoms with Crippen LogP contribution in [0.1, 0.15) is 23.6 Å². The molecule has 0 aromatic heterocycles. The number of hydrogen-bond acceptors (Lipinski definition) is 5. The van der Waals surface area contributed by atoms with Crippen LogP contribution in [-0.4, -0.2) is 24.8 Å². The first kappa shape index (κ1) is 14.2. The number of carbonyl (C=O) groups excluding carboxylic acids is 1. The molecule has 1 aromatic carbocycles. The van der Waals surface area contributed by atoms with E-state index in [-0.39, 0.29) is 18.6 Å². The zero-order chi connectivity index (χ0) is 13.9. The van der Waals surface area contributed by atoms with Gasteiger partial charge in [0, 0.05) is 6.04 Å². The second kappa shape index (κ2) is 5.81. The highest BCUT2D eigenvalue weighted by atomic mass is 32.3. The molecule has 6 heteroatoms. The van der Waals surface area contributed by atoms with Crippen LogP contribution in [-0.2, 0) is 11.3 Å². The predicted molar refractivity (Wildman–Crippen MR) is 78.9 cm³/mol. The molecule has 0 bridgehead atoms. The van der Waals surface area contributed by atoms with Gasteiger partial charge in [0.15, 0.2) is 0 Å². The highest BCUT2D eigenvalue weighted by molar-refractivity contribution is 8.29. The average Bonchev–Trinajstić information content (AvgIpc) is 2.38. The zero-order valence-corrected chi connectivity index (χ0v) is 11.9. The fourth-order valence-electron chi connectivity index (χ4n) is 2.34. The fraction of sp³-hybridized carbons (Fsp3) is 0.462. The van der Waals surface area contributed by atoms with Crippen molar-refractivity contribution in [3.8, 4) is 0 Å². The van der Waals surface area contributed by atoms with E-state index in [0.717, 1.165) is 23.8 Å². The van der Waals surface area contributed by atoms with Crippen molar-refractivity contribution in [2.75, 3.05) is 12.5 Å². The smallest absolute Gasteiger partial charge is 0.137 e. The Labute approximate surface area is 114 Å². The first-order valence-corrected chi connectivity index (χ1v) is 8.60. The molecular formula is C13H19N3O2S. The van der Waals surface area contributed by atoms with Crippen molar-refractivity contribution >= 4 is 16.7 Å². The number of benzene rings is 1. The molecular weight excluding hydrogens is 262 g/mol. The third-order valence-electron chi connectivity index (χ3n) is 3.17. The van der Waals surface area contributed by atoms with Crippen molar-refractivity contribution < 1.29 is 4.79 Å². The Bertz CT molecular complexity index is 461. The molecule has 1 aliphatic heterocycles. The van der Waals surface area contributed by atoms with Gasteiger partial charge in [0.25, 0.3) is 0 Å². The lowest BCUT2D eigenvalue weighted by Gasteiger charge is -2.45. The summed E-state index contributed by atoms with van der Waals surface area (Å²) in [4.78, 5) is 21.3. The highest BCUT2D eigenvalue weighted by Crippen LogP contribution is 2.40. The molecule has 0 radical (unpaired) electrons. The van der Waals surface area contributed by atoms with E-state index in [1.165, 1.54) is 0 Å². The van der Waals surface area contributed by atoms with Gasteiger partial charge in [-0.25, -0.2) is 0 Å². The van der Waals surface area contributed by atoms with Gasteiger partial charge in [-0.15, -0.1) is 10.4 Å². The number of nitroso groups, excluding NO2 is 1. The molecule has 1 saturated heterocycles. The van der Waals surface area contributed by atoms with Crippen LogP contribution in [0.2, 0.25) is 0 Å². The average molecular weight is 281 g/mol. The Balaban J connectivity index is 2.15. The van der Waals surface area contributed by atoms with E-state index in [2.05, 4.69) is 27.1 Å². The van der Waals surface area contributed by atoms with Crippen molar-refractivity contribution in [1.82, 2.24) is 9.44 Å². The number of carbonyl (C=O) groups is 1. The fourth-order valence-corrected chi connectivity index (χ4v) is 4.26. The Kier molecular flexibility index (Phi) is 4.34. The summed E-state index contributed by atoms with van der Waals surface area (Å²) in [5, 5.41) is 2.88. The summed E-state index contributed by atoms with van der Waals surface area (Å²) in [5.41, 5.74) is 2.05. The standard InChI is InChI=1S/C13H19N3O2S/c1-19(2)15-12(9-17)7-13(16-19)11-5-3-10(4-6-11)8-14-18/h3-6,9,12-13,15-16H,7-8H2,1-2H3. The molecule has 1 heterocycles. The van der Waals surface area contributed by atoms with Gasteiger partial charge >= 0.3 is 0 Å². The normalized spacial score (nSPS) is 27.5. The first-order chi connectivity index (χ1) is 9.04. The van der Waals surface area contributed by atoms with Crippen LogP contribution in [0.4, 0.5) is 0 Å². The minimum Gasteiger partial charge on any atom is -0.302 e. The van der Waals surface area contributed by atoms with Gasteiger partial charge in [0.2, 0.25) is 0 Å². The maximum atomic E-state index is 11.0. The van der Waals surface area contributed by atoms with Gasteiger partial charge in [-0.1, -0.05) is 29.4 Å². The Morgan fingerprint density at radius 1 is 1.32 bits per heavy atom. The van der Waals surface area contributed by atoms with Gasteiger partial charge in [-0.05, 0) is 30.1 Å². The molecule has 1 fully saturated rings. The van der Waals surface area contributed by atoms with Crippen molar-refractivity contribution in [3.63, 3.8) is 0 Å². The Hall–Kier alpha value is -1.24. The highest BCUT2D eigenvalue weighted by Gasteiger charge is 2.30. The van der Waals surface area contributed by atoms with Crippen LogP contribution in [0.25, 0.3) is 0 Å². The van der Waals surface area contributed by atoms with E-state index < -0.39 is 10.4 Å². The molecule has 0 aliphatic carbocycles. The summed E-state index contributed by atoms with van der Waals surface area (Å²) >= 11 is 0. The van der Waals surface area contributed by atoms with Crippen molar-refractivity contribution in [2.24, 2.45) is 5.18 Å². The lowest BCUT2D eigenvalue weighted by atomic mass is 10.00. The van der Waals surface area contributed by atoms with Crippen molar-refractivity contribution in [3.05, 3.63) is 40.3 Å². The number of rotatable bonds is 4. The lowest BCUT2D eigenvalue weighted by molar-refractivity contribution is -0.109. The zero-order valence-electron chi connectivity index (χ0n) is 11.1. The largest absolute Gasteiger partial charge is 0.302 e. The Morgan fingerprint density at radius 2 is 2.00 bits per heavy atom. The second-order valence-corrected chi connectivity index (χ2v) is 8.25. The molecule has 1 aliphatic rings. The number of hydrogen-bond donors (Lipinski definition) is 2. The molecule has 2 rings (SSSR count). The molecule has 5 nitrogen and oxygen atoms in total. The molecule has 0 saturated carbocycles. The predicted octanol–water partition coefficient (Wildman–Crippen LogP) is 2.04. The van der Waals surface area contributed by atoms with Gasteiger partial charge < -0.3 is 4.79 Å². The maximum Gasteiger partial charge on any atom is 0.137 e. The summed E-state index contributed by atoms with van der Waals surface area (Å²) in [6, 6.07) is 7.89. The molecule has 2 unspecified atom stereocenters. The monoisotopic (exact) mass is 281 g/mol. The molecule has 2 atom stereocenters. The van der Waals surface area contributed by atoms with Crippen LogP contribution in [0.5, 0.6) is 0 Å². The van der Waals surface area contributed by atoms with E-state index in [9.17, 15) is 9.70 Å². The van der Waals surface area contributed by atoms with Crippen LogP contribution >= 0.6 is 10.4 Å². The lowest BCUT2D eigenvalue weighted by Crippen LogP contribution is -2.47. The van der Waals surface area contributed by atoms with Crippen molar-refractivity contribution in [1.29, 1.82) is 0 Å². The van der Waals surface area contributed by atoms with E-state index in [1.807, 2.05) is 24.3 Å². The molecule has 0 spiro atoms. The van der Waals surface area contributed by atoms with Crippen molar-refractivity contribution in [2.45, 2.75) is 25.0 Å². The molecule has 1 aromatic rings. The SMILES string of the molecule is CS1(C)NC(C=O)CC(c2ccc(CN=O)cc2)N1. The third-order valence-corrected chi connectivity index (χ3v) is 4.93. The van der Waals surface area contributed by atoms with Gasteiger partial charge in [0.05, 0.1) is 6.04 Å². The van der Waals surface area contributed by atoms with E-state index >= 15 is 0 Å². The summed E-state index contributed by atoms with van der Waals surface area (Å²) < 4.78 is 6.87. The molecule has 104 valence electrons. The number of aldehydes is 1. The topological polar surface area (TPSA) is 70.6 Å². The van der Waals surface area contributed by atoms with E-state index in [0.29, 0.717) is 0 Å². The van der Waals surface area contributed by atoms with Gasteiger partial charge in [-0.2, -0.15) is 4.91 Å². The number of nitrogens with zero attached hydrogens (tertiary/aromatic N) is 1. The maximum absolute atomic E-state index is 11.0. The van der Waals surface area contributed by atoms with Gasteiger partial charge in [-0.3, -0.25) is 9.44 Å². The molecule has 19 heavy (non-hydrogen) atoms. The van der Waals surface area contributed by atoms with Gasteiger partial charge in [0.1, 0.15) is 12.8 Å². The summed E-state index contributed by atoms with van der Waals surface area (Å²) in [7, 11) is -1.16. The summed E-state index contributed by atoms with van der Waals surface area (Å²) in [6.07, 6.45) is 5.92. The first-order valence-electron chi connectivity index (χ1n) is 6.15. The van der Waals surface area contributed by atoms with Crippen LogP contribution < -0.4 is 9.44 Å². The van der Waals surface area contributed by atoms with E-state index in [4.69, 9.17) is 0 Å². The summed E-state index contributed by atoms with van der Waals surface area (Å²) in [6.45, 7) is 0.202. The minimum atomic E-state index is -1.16. The summed E-state index contributed by atoms with van der Waals surface area (Å²) in [5.74, 6) is 0. The third kappa shape index (κ3) is 3.62. The minimum absolute atomic E-state index is 0.104. The quantitative estimate of drug-likeness (QED) is 0.654. The van der Waals surface area contributed by atoms with E-state index in [1.54, 1.807) is 0 Å². The molecule has 2 N–H and O–H groups in total. The number of nitrogens with one attached hydrogen (secondary N) is 2. The molecule has 0 amide bonds. The second-order valence-electron chi connectivity index (χ2n) is 5.12.